The van der Waals surface area contributed by atoms with Gasteiger partial charge in [0.05, 0.1) is 35.0 Å². The Morgan fingerprint density at radius 3 is 2.34 bits per heavy atom. The van der Waals surface area contributed by atoms with Crippen molar-refractivity contribution < 1.29 is 17.9 Å². The Labute approximate surface area is 227 Å². The van der Waals surface area contributed by atoms with Crippen molar-refractivity contribution >= 4 is 32.3 Å². The lowest BCUT2D eigenvalue weighted by atomic mass is 10.1. The van der Waals surface area contributed by atoms with Crippen LogP contribution in [0.5, 0.6) is 0 Å². The number of aryl methyl sites for hydroxylation is 2. The lowest BCUT2D eigenvalue weighted by Gasteiger charge is -2.22. The lowest BCUT2D eigenvalue weighted by molar-refractivity contribution is 0.0889. The van der Waals surface area contributed by atoms with Gasteiger partial charge in [-0.1, -0.05) is 30.2 Å². The SMILES string of the molecule is COCC(COC)n1c(CS(=O)(=O)[C@@H](C)[C@H](C)c2ncc(Cl)cn2)nnc1-c1nn(C)c2ccc(C)cc12. The number of hydrogen-bond acceptors (Lipinski definition) is 9. The Morgan fingerprint density at radius 1 is 1.05 bits per heavy atom. The lowest BCUT2D eigenvalue weighted by Crippen LogP contribution is -2.29. The molecular weight excluding hydrogens is 530 g/mol. The quantitative estimate of drug-likeness (QED) is 0.270. The molecule has 4 aromatic rings. The molecule has 204 valence electrons. The molecule has 0 aliphatic heterocycles. The first kappa shape index (κ1) is 28.1. The molecule has 0 unspecified atom stereocenters. The monoisotopic (exact) mass is 561 g/mol. The summed E-state index contributed by atoms with van der Waals surface area (Å²) < 4.78 is 41.8. The van der Waals surface area contributed by atoms with Gasteiger partial charge in [0, 0.05) is 45.0 Å². The smallest absolute Gasteiger partial charge is 0.185 e. The maximum Gasteiger partial charge on any atom is 0.185 e. The molecule has 0 N–H and O–H groups in total. The fraction of sp³-hybridized carbons (Fsp3) is 0.480. The van der Waals surface area contributed by atoms with Crippen LogP contribution in [0.4, 0.5) is 0 Å². The largest absolute Gasteiger partial charge is 0.382 e. The number of rotatable bonds is 11. The van der Waals surface area contributed by atoms with E-state index in [4.69, 9.17) is 26.2 Å². The number of benzene rings is 1. The summed E-state index contributed by atoms with van der Waals surface area (Å²) in [5.41, 5.74) is 2.60. The van der Waals surface area contributed by atoms with E-state index in [0.29, 0.717) is 22.4 Å². The summed E-state index contributed by atoms with van der Waals surface area (Å²) in [6.45, 7) is 5.96. The number of halogens is 1. The van der Waals surface area contributed by atoms with Gasteiger partial charge in [-0.3, -0.25) is 4.68 Å². The second kappa shape index (κ2) is 11.4. The number of sulfone groups is 1. The predicted octanol–water partition coefficient (Wildman–Crippen LogP) is 3.52. The molecule has 0 saturated heterocycles. The summed E-state index contributed by atoms with van der Waals surface area (Å²) in [7, 11) is 1.31. The minimum Gasteiger partial charge on any atom is -0.382 e. The van der Waals surface area contributed by atoms with Gasteiger partial charge >= 0.3 is 0 Å². The zero-order valence-corrected chi connectivity index (χ0v) is 23.9. The summed E-state index contributed by atoms with van der Waals surface area (Å²) in [5, 5.41) is 14.0. The first-order valence-corrected chi connectivity index (χ1v) is 14.2. The van der Waals surface area contributed by atoms with Crippen molar-refractivity contribution in [3.8, 4) is 11.5 Å². The van der Waals surface area contributed by atoms with Gasteiger partial charge in [0.2, 0.25) is 0 Å². The second-order valence-electron chi connectivity index (χ2n) is 9.43. The van der Waals surface area contributed by atoms with Crippen LogP contribution in [0.2, 0.25) is 5.02 Å². The fourth-order valence-electron chi connectivity index (χ4n) is 4.48. The van der Waals surface area contributed by atoms with Crippen LogP contribution in [0, 0.1) is 6.92 Å². The van der Waals surface area contributed by atoms with Gasteiger partial charge in [0.15, 0.2) is 15.7 Å². The standard InChI is InChI=1S/C25H32ClN7O4S/c1-15-7-8-21-20(9-15)23(31-32(21)4)25-30-29-22(33(25)19(12-36-5)13-37-6)14-38(34,35)17(3)16(2)24-27-10-18(26)11-28-24/h7-11,16-17,19H,12-14H2,1-6H3/t16-,17-/m0/s1. The van der Waals surface area contributed by atoms with Crippen LogP contribution in [0.3, 0.4) is 0 Å². The highest BCUT2D eigenvalue weighted by Gasteiger charge is 2.33. The van der Waals surface area contributed by atoms with Crippen molar-refractivity contribution in [2.75, 3.05) is 27.4 Å². The summed E-state index contributed by atoms with van der Waals surface area (Å²) in [5.74, 6) is 0.324. The van der Waals surface area contributed by atoms with Crippen LogP contribution < -0.4 is 0 Å². The maximum atomic E-state index is 13.6. The zero-order valence-electron chi connectivity index (χ0n) is 22.3. The molecule has 4 rings (SSSR count). The molecule has 11 nitrogen and oxygen atoms in total. The molecule has 3 aromatic heterocycles. The van der Waals surface area contributed by atoms with E-state index >= 15 is 0 Å². The maximum absolute atomic E-state index is 13.6. The van der Waals surface area contributed by atoms with E-state index in [1.807, 2.05) is 32.2 Å². The third-order valence-corrected chi connectivity index (χ3v) is 9.11. The Kier molecular flexibility index (Phi) is 8.46. The number of hydrogen-bond donors (Lipinski definition) is 0. The molecule has 0 amide bonds. The van der Waals surface area contributed by atoms with E-state index in [1.54, 1.807) is 37.3 Å². The molecule has 0 bridgehead atoms. The first-order chi connectivity index (χ1) is 18.1. The molecule has 0 saturated carbocycles. The molecular formula is C25H32ClN7O4S. The highest BCUT2D eigenvalue weighted by molar-refractivity contribution is 7.91. The Hall–Kier alpha value is -2.93. The van der Waals surface area contributed by atoms with E-state index in [2.05, 4.69) is 20.2 Å². The number of fused-ring (bicyclic) bond motifs is 1. The molecule has 0 fully saturated rings. The van der Waals surface area contributed by atoms with Crippen molar-refractivity contribution in [1.82, 2.24) is 34.5 Å². The van der Waals surface area contributed by atoms with E-state index in [0.717, 1.165) is 16.5 Å². The van der Waals surface area contributed by atoms with Crippen molar-refractivity contribution in [3.05, 3.63) is 52.8 Å². The van der Waals surface area contributed by atoms with Gasteiger partial charge in [0.1, 0.15) is 23.1 Å². The molecule has 0 aliphatic rings. The third kappa shape index (κ3) is 5.58. The molecule has 0 aliphatic carbocycles. The minimum absolute atomic E-state index is 0.264. The van der Waals surface area contributed by atoms with Crippen molar-refractivity contribution in [1.29, 1.82) is 0 Å². The Balaban J connectivity index is 1.79. The number of methoxy groups -OCH3 is 2. The van der Waals surface area contributed by atoms with E-state index in [9.17, 15) is 8.42 Å². The van der Waals surface area contributed by atoms with Crippen molar-refractivity contribution in [2.24, 2.45) is 7.05 Å². The Morgan fingerprint density at radius 2 is 1.71 bits per heavy atom. The van der Waals surface area contributed by atoms with E-state index in [-0.39, 0.29) is 30.8 Å². The highest BCUT2D eigenvalue weighted by atomic mass is 35.5. The molecule has 3 heterocycles. The van der Waals surface area contributed by atoms with E-state index < -0.39 is 21.0 Å². The van der Waals surface area contributed by atoms with Gasteiger partial charge < -0.3 is 14.0 Å². The average molecular weight is 562 g/mol. The summed E-state index contributed by atoms with van der Waals surface area (Å²) in [6.07, 6.45) is 2.92. The van der Waals surface area contributed by atoms with Gasteiger partial charge in [-0.05, 0) is 26.0 Å². The van der Waals surface area contributed by atoms with Crippen LogP contribution in [-0.2, 0) is 32.1 Å². The van der Waals surface area contributed by atoms with Crippen LogP contribution in [0.25, 0.3) is 22.4 Å². The summed E-state index contributed by atoms with van der Waals surface area (Å²) in [4.78, 5) is 8.42. The van der Waals surface area contributed by atoms with Gasteiger partial charge in [-0.15, -0.1) is 10.2 Å². The second-order valence-corrected chi connectivity index (χ2v) is 12.2. The van der Waals surface area contributed by atoms with Crippen LogP contribution in [0.15, 0.2) is 30.6 Å². The predicted molar refractivity (Wildman–Crippen MR) is 145 cm³/mol. The highest BCUT2D eigenvalue weighted by Crippen LogP contribution is 2.31. The summed E-state index contributed by atoms with van der Waals surface area (Å²) >= 11 is 5.90. The molecule has 13 heteroatoms. The van der Waals surface area contributed by atoms with Crippen LogP contribution >= 0.6 is 11.6 Å². The molecule has 0 radical (unpaired) electrons. The topological polar surface area (TPSA) is 127 Å². The van der Waals surface area contributed by atoms with E-state index in [1.165, 1.54) is 12.4 Å². The molecule has 1 aromatic carbocycles. The fourth-order valence-corrected chi connectivity index (χ4v) is 6.14. The first-order valence-electron chi connectivity index (χ1n) is 12.1. The third-order valence-electron chi connectivity index (χ3n) is 6.72. The number of aromatic nitrogens is 7. The molecule has 0 spiro atoms. The minimum atomic E-state index is -3.71. The zero-order chi connectivity index (χ0) is 27.6. The number of nitrogens with zero attached hydrogens (tertiary/aromatic N) is 7. The van der Waals surface area contributed by atoms with Crippen molar-refractivity contribution in [3.63, 3.8) is 0 Å². The summed E-state index contributed by atoms with van der Waals surface area (Å²) in [6, 6.07) is 5.67. The number of ether oxygens (including phenoxy) is 2. The average Bonchev–Trinajstić information content (AvgIpc) is 3.43. The van der Waals surface area contributed by atoms with Gasteiger partial charge in [0.25, 0.3) is 0 Å². The van der Waals surface area contributed by atoms with Crippen molar-refractivity contribution in [2.45, 2.75) is 43.7 Å². The van der Waals surface area contributed by atoms with Crippen LogP contribution in [-0.4, -0.2) is 75.6 Å². The normalized spacial score (nSPS) is 13.9. The molecule has 38 heavy (non-hydrogen) atoms. The van der Waals surface area contributed by atoms with Gasteiger partial charge in [-0.25, -0.2) is 18.4 Å². The molecule has 2 atom stereocenters. The van der Waals surface area contributed by atoms with Gasteiger partial charge in [-0.2, -0.15) is 5.10 Å². The Bertz CT molecular complexity index is 1510. The van der Waals surface area contributed by atoms with Crippen LogP contribution in [0.1, 0.15) is 43.0 Å².